The molecule has 0 aliphatic carbocycles. The van der Waals surface area contributed by atoms with Gasteiger partial charge in [0.1, 0.15) is 5.01 Å². The minimum atomic E-state index is -0.809. The Hall–Kier alpha value is -2.42. The highest BCUT2D eigenvalue weighted by molar-refractivity contribution is 8.00. The van der Waals surface area contributed by atoms with Crippen LogP contribution in [0.25, 0.3) is 11.3 Å². The van der Waals surface area contributed by atoms with Gasteiger partial charge in [-0.1, -0.05) is 36.4 Å². The van der Waals surface area contributed by atoms with Crippen molar-refractivity contribution in [3.63, 3.8) is 0 Å². The molecule has 0 fully saturated rings. The van der Waals surface area contributed by atoms with E-state index in [2.05, 4.69) is 37.0 Å². The van der Waals surface area contributed by atoms with E-state index in [1.165, 1.54) is 34.2 Å². The average Bonchev–Trinajstić information content (AvgIpc) is 3.14. The van der Waals surface area contributed by atoms with Crippen LogP contribution in [0.4, 0.5) is 0 Å². The van der Waals surface area contributed by atoms with Gasteiger partial charge in [-0.15, -0.1) is 23.1 Å². The SMILES string of the molecule is Cc1ccc(SCC(=O)C(C#N)c2nc(-c3ccccc3)cs2)cc1C. The summed E-state index contributed by atoms with van der Waals surface area (Å²) in [6.07, 6.45) is 0. The van der Waals surface area contributed by atoms with Gasteiger partial charge in [0.05, 0.1) is 17.5 Å². The van der Waals surface area contributed by atoms with E-state index in [4.69, 9.17) is 0 Å². The quantitative estimate of drug-likeness (QED) is 0.539. The molecule has 1 aromatic heterocycles. The largest absolute Gasteiger partial charge is 0.297 e. The number of Topliss-reactive ketones (excluding diaryl/α,β-unsaturated/α-hetero) is 1. The molecule has 1 heterocycles. The molecule has 130 valence electrons. The smallest absolute Gasteiger partial charge is 0.167 e. The third-order valence-electron chi connectivity index (χ3n) is 4.15. The van der Waals surface area contributed by atoms with E-state index in [-0.39, 0.29) is 11.5 Å². The fraction of sp³-hybridized carbons (Fsp3) is 0.190. The summed E-state index contributed by atoms with van der Waals surface area (Å²) >= 11 is 2.84. The molecule has 0 spiro atoms. The number of thiazole rings is 1. The highest BCUT2D eigenvalue weighted by Gasteiger charge is 2.23. The zero-order chi connectivity index (χ0) is 18.5. The van der Waals surface area contributed by atoms with Crippen molar-refractivity contribution in [1.29, 1.82) is 5.26 Å². The van der Waals surface area contributed by atoms with E-state index in [1.54, 1.807) is 0 Å². The van der Waals surface area contributed by atoms with Gasteiger partial charge in [-0.05, 0) is 37.1 Å². The third-order valence-corrected chi connectivity index (χ3v) is 6.07. The van der Waals surface area contributed by atoms with Crippen LogP contribution in [0.2, 0.25) is 0 Å². The monoisotopic (exact) mass is 378 g/mol. The molecule has 1 atom stereocenters. The summed E-state index contributed by atoms with van der Waals surface area (Å²) in [4.78, 5) is 18.1. The molecule has 0 radical (unpaired) electrons. The van der Waals surface area contributed by atoms with Crippen LogP contribution in [0.5, 0.6) is 0 Å². The Labute approximate surface area is 161 Å². The van der Waals surface area contributed by atoms with Crippen LogP contribution in [0.15, 0.2) is 58.8 Å². The van der Waals surface area contributed by atoms with Crippen molar-refractivity contribution >= 4 is 28.9 Å². The van der Waals surface area contributed by atoms with Crippen molar-refractivity contribution in [3.05, 3.63) is 70.0 Å². The maximum atomic E-state index is 12.6. The van der Waals surface area contributed by atoms with Gasteiger partial charge in [0, 0.05) is 15.8 Å². The molecule has 1 unspecified atom stereocenters. The van der Waals surface area contributed by atoms with Gasteiger partial charge in [0.15, 0.2) is 11.7 Å². The molecule has 3 aromatic rings. The Morgan fingerprint density at radius 1 is 1.19 bits per heavy atom. The van der Waals surface area contributed by atoms with Gasteiger partial charge in [-0.3, -0.25) is 4.79 Å². The van der Waals surface area contributed by atoms with Crippen LogP contribution in [0.1, 0.15) is 22.1 Å². The molecule has 0 aliphatic heterocycles. The molecular weight excluding hydrogens is 360 g/mol. The van der Waals surface area contributed by atoms with Gasteiger partial charge in [0.2, 0.25) is 0 Å². The molecule has 3 nitrogen and oxygen atoms in total. The number of rotatable bonds is 6. The van der Waals surface area contributed by atoms with E-state index in [1.807, 2.05) is 41.8 Å². The summed E-state index contributed by atoms with van der Waals surface area (Å²) in [6, 6.07) is 18.0. The number of benzene rings is 2. The third kappa shape index (κ3) is 4.21. The molecule has 0 bridgehead atoms. The fourth-order valence-electron chi connectivity index (χ4n) is 2.47. The number of hydrogen-bond acceptors (Lipinski definition) is 5. The molecule has 0 N–H and O–H groups in total. The van der Waals surface area contributed by atoms with Crippen molar-refractivity contribution in [2.24, 2.45) is 0 Å². The standard InChI is InChI=1S/C21H18N2OS2/c1-14-8-9-17(10-15(14)2)25-13-20(24)18(11-22)21-23-19(12-26-21)16-6-4-3-5-7-16/h3-10,12,18H,13H2,1-2H3. The number of hydrogen-bond donors (Lipinski definition) is 0. The summed E-state index contributed by atoms with van der Waals surface area (Å²) in [5, 5.41) is 12.0. The molecule has 5 heteroatoms. The number of nitrogens with zero attached hydrogens (tertiary/aromatic N) is 2. The van der Waals surface area contributed by atoms with Crippen LogP contribution in [0.3, 0.4) is 0 Å². The lowest BCUT2D eigenvalue weighted by atomic mass is 10.1. The molecule has 2 aromatic carbocycles. The Morgan fingerprint density at radius 3 is 2.65 bits per heavy atom. The number of carbonyl (C=O) groups excluding carboxylic acids is 1. The van der Waals surface area contributed by atoms with Crippen LogP contribution < -0.4 is 0 Å². The molecule has 0 saturated heterocycles. The van der Waals surface area contributed by atoms with Crippen molar-refractivity contribution in [1.82, 2.24) is 4.98 Å². The van der Waals surface area contributed by atoms with Gasteiger partial charge < -0.3 is 0 Å². The minimum absolute atomic E-state index is 0.107. The second-order valence-electron chi connectivity index (χ2n) is 6.00. The Bertz CT molecular complexity index is 958. The van der Waals surface area contributed by atoms with Gasteiger partial charge >= 0.3 is 0 Å². The Balaban J connectivity index is 1.70. The first-order chi connectivity index (χ1) is 12.6. The predicted molar refractivity (Wildman–Crippen MR) is 108 cm³/mol. The highest BCUT2D eigenvalue weighted by Crippen LogP contribution is 2.29. The number of aryl methyl sites for hydroxylation is 2. The van der Waals surface area contributed by atoms with E-state index in [9.17, 15) is 10.1 Å². The summed E-state index contributed by atoms with van der Waals surface area (Å²) in [7, 11) is 0. The molecule has 0 aliphatic rings. The molecule has 0 saturated carbocycles. The van der Waals surface area contributed by atoms with Gasteiger partial charge in [0.25, 0.3) is 0 Å². The number of carbonyl (C=O) groups is 1. The van der Waals surface area contributed by atoms with Crippen molar-refractivity contribution in [2.45, 2.75) is 24.7 Å². The minimum Gasteiger partial charge on any atom is -0.297 e. The van der Waals surface area contributed by atoms with Gasteiger partial charge in [-0.25, -0.2) is 4.98 Å². The number of ketones is 1. The summed E-state index contributed by atoms with van der Waals surface area (Å²) in [6.45, 7) is 4.12. The first-order valence-electron chi connectivity index (χ1n) is 8.21. The summed E-state index contributed by atoms with van der Waals surface area (Å²) in [5.74, 6) is -0.651. The maximum Gasteiger partial charge on any atom is 0.167 e. The highest BCUT2D eigenvalue weighted by atomic mass is 32.2. The number of nitriles is 1. The van der Waals surface area contributed by atoms with Crippen molar-refractivity contribution in [3.8, 4) is 17.3 Å². The zero-order valence-corrected chi connectivity index (χ0v) is 16.2. The first-order valence-corrected chi connectivity index (χ1v) is 10.1. The Morgan fingerprint density at radius 2 is 1.96 bits per heavy atom. The number of aromatic nitrogens is 1. The topological polar surface area (TPSA) is 53.8 Å². The molecule has 3 rings (SSSR count). The fourth-order valence-corrected chi connectivity index (χ4v) is 4.26. The van der Waals surface area contributed by atoms with Crippen LogP contribution in [-0.2, 0) is 4.79 Å². The Kier molecular flexibility index (Phi) is 5.87. The lowest BCUT2D eigenvalue weighted by molar-refractivity contribution is -0.116. The zero-order valence-electron chi connectivity index (χ0n) is 14.6. The lowest BCUT2D eigenvalue weighted by Crippen LogP contribution is -2.13. The second kappa shape index (κ2) is 8.31. The number of thioether (sulfide) groups is 1. The normalized spacial score (nSPS) is 11.7. The second-order valence-corrected chi connectivity index (χ2v) is 7.94. The van der Waals surface area contributed by atoms with Gasteiger partial charge in [-0.2, -0.15) is 5.26 Å². The van der Waals surface area contributed by atoms with Crippen molar-refractivity contribution < 1.29 is 4.79 Å². The van der Waals surface area contributed by atoms with Crippen LogP contribution in [0, 0.1) is 25.2 Å². The lowest BCUT2D eigenvalue weighted by Gasteiger charge is -2.07. The summed E-state index contributed by atoms with van der Waals surface area (Å²) in [5.41, 5.74) is 4.22. The molecule has 26 heavy (non-hydrogen) atoms. The van der Waals surface area contributed by atoms with E-state index >= 15 is 0 Å². The first kappa shape index (κ1) is 18.4. The summed E-state index contributed by atoms with van der Waals surface area (Å²) < 4.78 is 0. The van der Waals surface area contributed by atoms with Crippen LogP contribution in [-0.4, -0.2) is 16.5 Å². The maximum absolute atomic E-state index is 12.6. The molecular formula is C21H18N2OS2. The van der Waals surface area contributed by atoms with E-state index in [0.717, 1.165) is 16.2 Å². The van der Waals surface area contributed by atoms with E-state index in [0.29, 0.717) is 5.01 Å². The average molecular weight is 379 g/mol. The molecule has 0 amide bonds. The van der Waals surface area contributed by atoms with Crippen molar-refractivity contribution in [2.75, 3.05) is 5.75 Å². The van der Waals surface area contributed by atoms with E-state index < -0.39 is 5.92 Å². The van der Waals surface area contributed by atoms with Crippen LogP contribution >= 0.6 is 23.1 Å². The predicted octanol–water partition coefficient (Wildman–Crippen LogP) is 5.40.